The quantitative estimate of drug-likeness (QED) is 0.719. The van der Waals surface area contributed by atoms with Gasteiger partial charge in [-0.2, -0.15) is 4.31 Å². The van der Waals surface area contributed by atoms with E-state index in [1.54, 1.807) is 17.0 Å². The summed E-state index contributed by atoms with van der Waals surface area (Å²) >= 11 is 0. The number of sulfonamides is 1. The first-order valence-electron chi connectivity index (χ1n) is 8.61. The van der Waals surface area contributed by atoms with Crippen molar-refractivity contribution < 1.29 is 18.0 Å². The van der Waals surface area contributed by atoms with Crippen LogP contribution in [0.1, 0.15) is 30.6 Å². The van der Waals surface area contributed by atoms with Crippen molar-refractivity contribution in [2.24, 2.45) is 5.73 Å². The fourth-order valence-electron chi connectivity index (χ4n) is 2.71. The van der Waals surface area contributed by atoms with Crippen molar-refractivity contribution in [3.63, 3.8) is 0 Å². The maximum atomic E-state index is 12.8. The molecular formula is C17H26N4O4S. The summed E-state index contributed by atoms with van der Waals surface area (Å²) in [4.78, 5) is 25.3. The molecule has 0 spiro atoms. The Hall–Kier alpha value is -1.97. The van der Waals surface area contributed by atoms with Gasteiger partial charge in [0, 0.05) is 51.3 Å². The van der Waals surface area contributed by atoms with E-state index in [1.165, 1.54) is 23.4 Å². The topological polar surface area (TPSA) is 113 Å². The molecule has 1 atom stereocenters. The lowest BCUT2D eigenvalue weighted by atomic mass is 10.2. The monoisotopic (exact) mass is 382 g/mol. The molecule has 8 nitrogen and oxygen atoms in total. The van der Waals surface area contributed by atoms with E-state index in [0.29, 0.717) is 26.1 Å². The first-order valence-corrected chi connectivity index (χ1v) is 10.1. The molecule has 1 heterocycles. The van der Waals surface area contributed by atoms with Crippen LogP contribution in [0.3, 0.4) is 0 Å². The molecule has 1 saturated heterocycles. The summed E-state index contributed by atoms with van der Waals surface area (Å²) in [5, 5.41) is 2.74. The number of nitrogens with one attached hydrogen (secondary N) is 1. The summed E-state index contributed by atoms with van der Waals surface area (Å²) in [6.07, 6.45) is 0.643. The second-order valence-electron chi connectivity index (χ2n) is 6.46. The molecule has 1 aromatic rings. The Kier molecular flexibility index (Phi) is 6.74. The number of rotatable bonds is 6. The van der Waals surface area contributed by atoms with Gasteiger partial charge in [-0.25, -0.2) is 8.42 Å². The third-order valence-electron chi connectivity index (χ3n) is 4.30. The van der Waals surface area contributed by atoms with Gasteiger partial charge in [-0.05, 0) is 31.5 Å². The average molecular weight is 382 g/mol. The standard InChI is InChI=1S/C17H26N4O4S/c1-13(18)6-7-19-17(23)15-4-3-5-16(12-15)26(24,25)21-10-8-20(9-11-21)14(2)22/h3-5,12-13H,6-11,18H2,1-2H3,(H,19,23). The average Bonchev–Trinajstić information content (AvgIpc) is 2.61. The Morgan fingerprint density at radius 2 is 1.88 bits per heavy atom. The molecule has 3 N–H and O–H groups in total. The van der Waals surface area contributed by atoms with Crippen LogP contribution in [0.15, 0.2) is 29.2 Å². The van der Waals surface area contributed by atoms with Crippen LogP contribution in [-0.2, 0) is 14.8 Å². The van der Waals surface area contributed by atoms with Crippen molar-refractivity contribution in [3.8, 4) is 0 Å². The summed E-state index contributed by atoms with van der Waals surface area (Å²) in [6.45, 7) is 4.97. The van der Waals surface area contributed by atoms with Gasteiger partial charge in [-0.3, -0.25) is 9.59 Å². The second kappa shape index (κ2) is 8.61. The number of carbonyl (C=O) groups is 2. The van der Waals surface area contributed by atoms with E-state index < -0.39 is 10.0 Å². The number of hydrogen-bond donors (Lipinski definition) is 2. The van der Waals surface area contributed by atoms with E-state index in [1.807, 2.05) is 6.92 Å². The van der Waals surface area contributed by atoms with Crippen molar-refractivity contribution in [2.75, 3.05) is 32.7 Å². The number of carbonyl (C=O) groups excluding carboxylic acids is 2. The first kappa shape index (κ1) is 20.3. The van der Waals surface area contributed by atoms with Gasteiger partial charge >= 0.3 is 0 Å². The van der Waals surface area contributed by atoms with Crippen molar-refractivity contribution >= 4 is 21.8 Å². The van der Waals surface area contributed by atoms with Crippen LogP contribution in [0.2, 0.25) is 0 Å². The van der Waals surface area contributed by atoms with E-state index in [9.17, 15) is 18.0 Å². The van der Waals surface area contributed by atoms with Crippen LogP contribution in [0, 0.1) is 0 Å². The van der Waals surface area contributed by atoms with E-state index in [0.717, 1.165) is 0 Å². The van der Waals surface area contributed by atoms with Gasteiger partial charge in [-0.1, -0.05) is 6.07 Å². The van der Waals surface area contributed by atoms with Crippen LogP contribution in [0.5, 0.6) is 0 Å². The molecule has 0 aromatic heterocycles. The second-order valence-corrected chi connectivity index (χ2v) is 8.40. The molecule has 1 unspecified atom stereocenters. The molecule has 0 bridgehead atoms. The maximum Gasteiger partial charge on any atom is 0.251 e. The molecule has 1 aromatic carbocycles. The fourth-order valence-corrected chi connectivity index (χ4v) is 4.17. The highest BCUT2D eigenvalue weighted by Gasteiger charge is 2.29. The predicted octanol–water partition coefficient (Wildman–Crippen LogP) is 0.00650. The van der Waals surface area contributed by atoms with E-state index in [2.05, 4.69) is 5.32 Å². The third-order valence-corrected chi connectivity index (χ3v) is 6.20. The number of nitrogens with two attached hydrogens (primary N) is 1. The summed E-state index contributed by atoms with van der Waals surface area (Å²) in [5.74, 6) is -0.392. The van der Waals surface area contributed by atoms with E-state index >= 15 is 0 Å². The number of benzene rings is 1. The van der Waals surface area contributed by atoms with Crippen LogP contribution >= 0.6 is 0 Å². The Morgan fingerprint density at radius 3 is 2.46 bits per heavy atom. The highest BCUT2D eigenvalue weighted by Crippen LogP contribution is 2.19. The van der Waals surface area contributed by atoms with Gasteiger partial charge in [-0.15, -0.1) is 0 Å². The molecule has 0 radical (unpaired) electrons. The van der Waals surface area contributed by atoms with Gasteiger partial charge in [0.1, 0.15) is 0 Å². The molecule has 1 aliphatic heterocycles. The minimum Gasteiger partial charge on any atom is -0.352 e. The lowest BCUT2D eigenvalue weighted by molar-refractivity contribution is -0.129. The third kappa shape index (κ3) is 5.03. The molecule has 2 amide bonds. The number of hydrogen-bond acceptors (Lipinski definition) is 5. The fraction of sp³-hybridized carbons (Fsp3) is 0.529. The van der Waals surface area contributed by atoms with Gasteiger partial charge in [0.2, 0.25) is 15.9 Å². The molecule has 144 valence electrons. The van der Waals surface area contributed by atoms with Crippen molar-refractivity contribution in [2.45, 2.75) is 31.2 Å². The Morgan fingerprint density at radius 1 is 1.23 bits per heavy atom. The van der Waals surface area contributed by atoms with E-state index in [-0.39, 0.29) is 41.4 Å². The largest absolute Gasteiger partial charge is 0.352 e. The molecule has 1 aliphatic rings. The summed E-state index contributed by atoms with van der Waals surface area (Å²) in [6, 6.07) is 5.97. The molecule has 1 fully saturated rings. The first-order chi connectivity index (χ1) is 12.2. The molecule has 0 saturated carbocycles. The lowest BCUT2D eigenvalue weighted by Gasteiger charge is -2.33. The highest BCUT2D eigenvalue weighted by atomic mass is 32.2. The molecule has 0 aliphatic carbocycles. The van der Waals surface area contributed by atoms with Crippen LogP contribution in [-0.4, -0.2) is 68.2 Å². The number of amides is 2. The van der Waals surface area contributed by atoms with Crippen molar-refractivity contribution in [1.82, 2.24) is 14.5 Å². The Labute approximate surface area is 154 Å². The summed E-state index contributed by atoms with van der Waals surface area (Å²) in [5.41, 5.74) is 5.94. The van der Waals surface area contributed by atoms with Gasteiger partial charge in [0.25, 0.3) is 5.91 Å². The molecular weight excluding hydrogens is 356 g/mol. The Bertz CT molecular complexity index is 756. The van der Waals surface area contributed by atoms with E-state index in [4.69, 9.17) is 5.73 Å². The summed E-state index contributed by atoms with van der Waals surface area (Å²) in [7, 11) is -3.71. The normalized spacial score (nSPS) is 17.0. The smallest absolute Gasteiger partial charge is 0.251 e. The van der Waals surface area contributed by atoms with Crippen LogP contribution in [0.25, 0.3) is 0 Å². The summed E-state index contributed by atoms with van der Waals surface area (Å²) < 4.78 is 27.0. The molecule has 2 rings (SSSR count). The lowest BCUT2D eigenvalue weighted by Crippen LogP contribution is -2.49. The minimum atomic E-state index is -3.71. The highest BCUT2D eigenvalue weighted by molar-refractivity contribution is 7.89. The molecule has 26 heavy (non-hydrogen) atoms. The minimum absolute atomic E-state index is 0.0179. The van der Waals surface area contributed by atoms with Gasteiger partial charge in [0.05, 0.1) is 4.90 Å². The van der Waals surface area contributed by atoms with Gasteiger partial charge in [0.15, 0.2) is 0 Å². The zero-order valence-corrected chi connectivity index (χ0v) is 16.0. The number of piperazine rings is 1. The maximum absolute atomic E-state index is 12.8. The van der Waals surface area contributed by atoms with Crippen LogP contribution < -0.4 is 11.1 Å². The van der Waals surface area contributed by atoms with Crippen molar-refractivity contribution in [1.29, 1.82) is 0 Å². The molecule has 9 heteroatoms. The predicted molar refractivity (Wildman–Crippen MR) is 98.1 cm³/mol. The number of nitrogens with zero attached hydrogens (tertiary/aromatic N) is 2. The SMILES string of the molecule is CC(=O)N1CCN(S(=O)(=O)c2cccc(C(=O)NCCC(C)N)c2)CC1. The van der Waals surface area contributed by atoms with Crippen molar-refractivity contribution in [3.05, 3.63) is 29.8 Å². The van der Waals surface area contributed by atoms with Crippen LogP contribution in [0.4, 0.5) is 0 Å². The zero-order chi connectivity index (χ0) is 19.3. The Balaban J connectivity index is 2.08. The van der Waals surface area contributed by atoms with Gasteiger partial charge < -0.3 is 16.0 Å². The zero-order valence-electron chi connectivity index (χ0n) is 15.1.